The number of rotatable bonds is 5. The molecule has 3 aromatic rings. The predicted molar refractivity (Wildman–Crippen MR) is 111 cm³/mol. The number of nitrogens with one attached hydrogen (secondary N) is 1. The van der Waals surface area contributed by atoms with E-state index in [1.54, 1.807) is 18.2 Å². The van der Waals surface area contributed by atoms with E-state index in [1.165, 1.54) is 4.90 Å². The smallest absolute Gasteiger partial charge is 0.419 e. The summed E-state index contributed by atoms with van der Waals surface area (Å²) in [5.74, 6) is -1.67. The fourth-order valence-electron chi connectivity index (χ4n) is 3.50. The molecule has 0 saturated carbocycles. The molecule has 0 bridgehead atoms. The third kappa shape index (κ3) is 5.14. The van der Waals surface area contributed by atoms with Gasteiger partial charge in [0.25, 0.3) is 5.91 Å². The van der Waals surface area contributed by atoms with Crippen molar-refractivity contribution in [2.24, 2.45) is 0 Å². The Morgan fingerprint density at radius 3 is 2.68 bits per heavy atom. The van der Waals surface area contributed by atoms with Crippen molar-refractivity contribution in [2.75, 3.05) is 17.5 Å². The largest absolute Gasteiger partial charge is 0.457 e. The number of nitrogens with zero attached hydrogens (tertiary/aromatic N) is 2. The van der Waals surface area contributed by atoms with Gasteiger partial charge in [-0.2, -0.15) is 18.2 Å². The number of carbonyl (C=O) groups excluding carboxylic acids is 1. The van der Waals surface area contributed by atoms with Gasteiger partial charge in [0.05, 0.1) is 11.8 Å². The molecule has 0 fully saturated rings. The first-order chi connectivity index (χ1) is 15.9. The van der Waals surface area contributed by atoms with E-state index in [0.29, 0.717) is 24.3 Å². The molecule has 180 valence electrons. The second-order valence-corrected chi connectivity index (χ2v) is 9.27. The molecule has 1 aliphatic rings. The van der Waals surface area contributed by atoms with Crippen LogP contribution >= 0.6 is 0 Å². The minimum atomic E-state index is -4.81. The van der Waals surface area contributed by atoms with Crippen LogP contribution in [0.1, 0.15) is 27.2 Å². The van der Waals surface area contributed by atoms with Crippen molar-refractivity contribution in [3.8, 4) is 11.5 Å². The molecule has 0 saturated heterocycles. The predicted octanol–water partition coefficient (Wildman–Crippen LogP) is 4.19. The van der Waals surface area contributed by atoms with Gasteiger partial charge in [-0.25, -0.2) is 17.5 Å². The summed E-state index contributed by atoms with van der Waals surface area (Å²) in [6.45, 7) is 0.434. The maximum atomic E-state index is 13.9. The molecular formula is C21H17F4N3O5S. The van der Waals surface area contributed by atoms with Gasteiger partial charge in [0.15, 0.2) is 5.69 Å². The van der Waals surface area contributed by atoms with Gasteiger partial charge < -0.3 is 14.1 Å². The van der Waals surface area contributed by atoms with E-state index in [1.807, 2.05) is 4.72 Å². The summed E-state index contributed by atoms with van der Waals surface area (Å²) in [5, 5.41) is 0. The first-order valence-electron chi connectivity index (χ1n) is 9.78. The van der Waals surface area contributed by atoms with Crippen molar-refractivity contribution < 1.29 is 39.9 Å². The molecule has 0 unspecified atom stereocenters. The Morgan fingerprint density at radius 1 is 1.24 bits per heavy atom. The van der Waals surface area contributed by atoms with Crippen molar-refractivity contribution in [2.45, 2.75) is 19.1 Å². The number of fused-ring (bicyclic) bond motifs is 1. The molecule has 0 aliphatic carbocycles. The van der Waals surface area contributed by atoms with E-state index in [9.17, 15) is 30.8 Å². The molecule has 13 heteroatoms. The molecule has 2 aromatic carbocycles. The minimum Gasteiger partial charge on any atom is -0.457 e. The first kappa shape index (κ1) is 23.5. The van der Waals surface area contributed by atoms with Crippen LogP contribution in [0.4, 0.5) is 23.6 Å². The topological polar surface area (TPSA) is 102 Å². The maximum Gasteiger partial charge on any atom is 0.419 e. The van der Waals surface area contributed by atoms with E-state index < -0.39 is 33.5 Å². The lowest BCUT2D eigenvalue weighted by Gasteiger charge is -2.29. The summed E-state index contributed by atoms with van der Waals surface area (Å²) in [7, 11) is -3.62. The lowest BCUT2D eigenvalue weighted by molar-refractivity contribution is -0.140. The maximum absolute atomic E-state index is 13.9. The summed E-state index contributed by atoms with van der Waals surface area (Å²) in [5.41, 5.74) is -0.0111. The number of aromatic nitrogens is 1. The number of carbonyl (C=O) groups is 1. The molecule has 2 heterocycles. The number of anilines is 1. The van der Waals surface area contributed by atoms with Crippen LogP contribution in [0.3, 0.4) is 0 Å². The van der Waals surface area contributed by atoms with Crippen LogP contribution in [0, 0.1) is 5.82 Å². The number of ether oxygens (including phenoxy) is 1. The highest BCUT2D eigenvalue weighted by molar-refractivity contribution is 7.91. The number of hydrogen-bond donors (Lipinski definition) is 1. The van der Waals surface area contributed by atoms with Crippen LogP contribution < -0.4 is 9.46 Å². The number of benzene rings is 2. The van der Waals surface area contributed by atoms with Crippen LogP contribution in [0.5, 0.6) is 11.5 Å². The molecule has 1 N–H and O–H groups in total. The van der Waals surface area contributed by atoms with Gasteiger partial charge in [-0.15, -0.1) is 0 Å². The highest BCUT2D eigenvalue weighted by atomic mass is 32.2. The molecule has 0 spiro atoms. The van der Waals surface area contributed by atoms with Gasteiger partial charge in [0.2, 0.25) is 10.0 Å². The van der Waals surface area contributed by atoms with E-state index in [4.69, 9.17) is 9.15 Å². The highest BCUT2D eigenvalue weighted by Crippen LogP contribution is 2.36. The minimum absolute atomic E-state index is 0.0813. The fourth-order valence-corrected chi connectivity index (χ4v) is 3.91. The highest BCUT2D eigenvalue weighted by Gasteiger charge is 2.34. The lowest BCUT2D eigenvalue weighted by Crippen LogP contribution is -2.36. The third-order valence-corrected chi connectivity index (χ3v) is 5.53. The van der Waals surface area contributed by atoms with Gasteiger partial charge in [-0.1, -0.05) is 12.1 Å². The second-order valence-electron chi connectivity index (χ2n) is 7.52. The van der Waals surface area contributed by atoms with Crippen LogP contribution in [0.15, 0.2) is 47.1 Å². The number of hydrogen-bond acceptors (Lipinski definition) is 6. The Morgan fingerprint density at radius 2 is 2.00 bits per heavy atom. The lowest BCUT2D eigenvalue weighted by atomic mass is 9.98. The molecule has 0 atom stereocenters. The first-order valence-corrected chi connectivity index (χ1v) is 11.7. The second kappa shape index (κ2) is 8.63. The van der Waals surface area contributed by atoms with Crippen LogP contribution in [0.25, 0.3) is 0 Å². The Kier molecular flexibility index (Phi) is 5.98. The normalized spacial score (nSPS) is 14.0. The van der Waals surface area contributed by atoms with Crippen LogP contribution in [0.2, 0.25) is 0 Å². The molecular weight excluding hydrogens is 482 g/mol. The van der Waals surface area contributed by atoms with Gasteiger partial charge in [0, 0.05) is 24.7 Å². The zero-order valence-corrected chi connectivity index (χ0v) is 18.3. The number of amides is 1. The summed E-state index contributed by atoms with van der Waals surface area (Å²) in [4.78, 5) is 18.1. The van der Waals surface area contributed by atoms with Crippen molar-refractivity contribution in [3.05, 3.63) is 70.9 Å². The van der Waals surface area contributed by atoms with Gasteiger partial charge in [-0.05, 0) is 30.2 Å². The standard InChI is InChI=1S/C21H17F4N3O5S/c1-34(30,31)27-20-26-17(11-32-20)19(29)28-8-7-14-12(10-28)3-2-4-18(14)33-13-5-6-15(16(22)9-13)21(23,24)25/h2-6,9,11H,7-8,10H2,1H3,(H,26,27). The van der Waals surface area contributed by atoms with E-state index >= 15 is 0 Å². The Bertz CT molecular complexity index is 1350. The van der Waals surface area contributed by atoms with Crippen molar-refractivity contribution in [1.29, 1.82) is 0 Å². The molecule has 1 aromatic heterocycles. The number of halogens is 4. The average molecular weight is 499 g/mol. The summed E-state index contributed by atoms with van der Waals surface area (Å²) >= 11 is 0. The van der Waals surface area contributed by atoms with Crippen molar-refractivity contribution in [1.82, 2.24) is 9.88 Å². The summed E-state index contributed by atoms with van der Waals surface area (Å²) < 4.78 is 87.4. The number of alkyl halides is 3. The molecule has 1 aliphatic heterocycles. The van der Waals surface area contributed by atoms with Crippen molar-refractivity contribution >= 4 is 21.9 Å². The Labute approximate surface area is 191 Å². The molecule has 34 heavy (non-hydrogen) atoms. The van der Waals surface area contributed by atoms with Crippen LogP contribution in [-0.2, 0) is 29.2 Å². The van der Waals surface area contributed by atoms with Gasteiger partial charge in [-0.3, -0.25) is 4.79 Å². The molecule has 1 amide bonds. The zero-order chi connectivity index (χ0) is 24.7. The van der Waals surface area contributed by atoms with Gasteiger partial charge in [0.1, 0.15) is 23.6 Å². The molecule has 0 radical (unpaired) electrons. The third-order valence-electron chi connectivity index (χ3n) is 4.98. The fraction of sp³-hybridized carbons (Fsp3) is 0.238. The Balaban J connectivity index is 1.50. The van der Waals surface area contributed by atoms with Gasteiger partial charge >= 0.3 is 12.2 Å². The SMILES string of the molecule is CS(=O)(=O)Nc1nc(C(=O)N2CCc3c(cccc3Oc3ccc(C(F)(F)F)c(F)c3)C2)co1. The van der Waals surface area contributed by atoms with Crippen molar-refractivity contribution in [3.63, 3.8) is 0 Å². The van der Waals surface area contributed by atoms with E-state index in [2.05, 4.69) is 4.98 Å². The molecule has 4 rings (SSSR count). The monoisotopic (exact) mass is 499 g/mol. The zero-order valence-electron chi connectivity index (χ0n) is 17.5. The van der Waals surface area contributed by atoms with E-state index in [-0.39, 0.29) is 30.5 Å². The number of sulfonamides is 1. The number of oxazole rings is 1. The average Bonchev–Trinajstić information content (AvgIpc) is 3.19. The molecule has 8 nitrogen and oxygen atoms in total. The summed E-state index contributed by atoms with van der Waals surface area (Å²) in [6, 6.07) is 7.01. The Hall–Kier alpha value is -3.61. The quantitative estimate of drug-likeness (QED) is 0.528. The van der Waals surface area contributed by atoms with Crippen LogP contribution in [-0.4, -0.2) is 37.0 Å². The summed E-state index contributed by atoms with van der Waals surface area (Å²) in [6.07, 6.45) is -2.49. The van der Waals surface area contributed by atoms with E-state index in [0.717, 1.165) is 29.7 Å².